The highest BCUT2D eigenvalue weighted by molar-refractivity contribution is 7.71. The molecule has 1 aromatic carbocycles. The second-order valence-corrected chi connectivity index (χ2v) is 7.77. The molecule has 0 aliphatic carbocycles. The van der Waals surface area contributed by atoms with Crippen molar-refractivity contribution in [2.45, 2.75) is 26.8 Å². The van der Waals surface area contributed by atoms with Crippen LogP contribution in [0.15, 0.2) is 36.4 Å². The van der Waals surface area contributed by atoms with Crippen molar-refractivity contribution in [2.24, 2.45) is 0 Å². The van der Waals surface area contributed by atoms with Crippen molar-refractivity contribution in [1.82, 2.24) is 29.9 Å². The van der Waals surface area contributed by atoms with Crippen molar-refractivity contribution in [2.75, 3.05) is 6.54 Å². The highest BCUT2D eigenvalue weighted by atomic mass is 32.1. The fourth-order valence-corrected chi connectivity index (χ4v) is 4.52. The lowest BCUT2D eigenvalue weighted by Crippen LogP contribution is -2.25. The number of amides is 1. The van der Waals surface area contributed by atoms with Gasteiger partial charge in [-0.2, -0.15) is 10.2 Å². The van der Waals surface area contributed by atoms with Crippen molar-refractivity contribution >= 4 is 39.7 Å². The molecule has 144 valence electrons. The third kappa shape index (κ3) is 3.38. The molecular formula is C19H20N6OS2. The maximum Gasteiger partial charge on any atom is 0.261 e. The zero-order valence-electron chi connectivity index (χ0n) is 15.6. The third-order valence-corrected chi connectivity index (χ3v) is 5.98. The number of nitrogens with one attached hydrogen (secondary N) is 2. The Labute approximate surface area is 171 Å². The van der Waals surface area contributed by atoms with Crippen LogP contribution in [0.25, 0.3) is 15.9 Å². The van der Waals surface area contributed by atoms with Crippen molar-refractivity contribution < 1.29 is 4.79 Å². The zero-order valence-corrected chi connectivity index (χ0v) is 17.2. The Balaban J connectivity index is 1.51. The van der Waals surface area contributed by atoms with Gasteiger partial charge in [0.25, 0.3) is 5.91 Å². The molecule has 7 nitrogen and oxygen atoms in total. The van der Waals surface area contributed by atoms with Crippen molar-refractivity contribution in [3.8, 4) is 5.69 Å². The maximum atomic E-state index is 12.6. The van der Waals surface area contributed by atoms with Gasteiger partial charge in [0.2, 0.25) is 0 Å². The van der Waals surface area contributed by atoms with E-state index < -0.39 is 0 Å². The van der Waals surface area contributed by atoms with E-state index in [-0.39, 0.29) is 5.91 Å². The van der Waals surface area contributed by atoms with Crippen LogP contribution in [0.5, 0.6) is 0 Å². The van der Waals surface area contributed by atoms with Crippen LogP contribution in [0.3, 0.4) is 0 Å². The van der Waals surface area contributed by atoms with Gasteiger partial charge in [-0.1, -0.05) is 18.2 Å². The second kappa shape index (κ2) is 7.69. The smallest absolute Gasteiger partial charge is 0.261 e. The summed E-state index contributed by atoms with van der Waals surface area (Å²) in [5.74, 6) is 0.761. The van der Waals surface area contributed by atoms with Gasteiger partial charge < -0.3 is 9.88 Å². The number of thiophene rings is 1. The van der Waals surface area contributed by atoms with Crippen LogP contribution in [-0.4, -0.2) is 37.0 Å². The minimum absolute atomic E-state index is 0.0857. The normalized spacial score (nSPS) is 11.2. The third-order valence-electron chi connectivity index (χ3n) is 4.56. The topological polar surface area (TPSA) is 80.5 Å². The van der Waals surface area contributed by atoms with Gasteiger partial charge in [-0.05, 0) is 44.3 Å². The summed E-state index contributed by atoms with van der Waals surface area (Å²) in [4.78, 5) is 14.3. The van der Waals surface area contributed by atoms with Crippen LogP contribution in [0.1, 0.15) is 28.1 Å². The predicted molar refractivity (Wildman–Crippen MR) is 113 cm³/mol. The number of aryl methyl sites for hydroxylation is 1. The van der Waals surface area contributed by atoms with Gasteiger partial charge in [-0.15, -0.1) is 11.3 Å². The number of nitrogens with zero attached hydrogens (tertiary/aromatic N) is 4. The van der Waals surface area contributed by atoms with Crippen LogP contribution in [0.4, 0.5) is 0 Å². The largest absolute Gasteiger partial charge is 0.351 e. The standard InChI is InChI=1S/C19H20N6OS2/c1-3-24-16(21-22-19(24)27)9-10-20-17(26)15-11-14-12(2)23-25(18(14)28-15)13-7-5-4-6-8-13/h4-8,11H,3,9-10H2,1-2H3,(H,20,26)(H,22,27). The van der Waals surface area contributed by atoms with Crippen LogP contribution in [0.2, 0.25) is 0 Å². The minimum Gasteiger partial charge on any atom is -0.351 e. The highest BCUT2D eigenvalue weighted by Crippen LogP contribution is 2.30. The molecule has 9 heteroatoms. The summed E-state index contributed by atoms with van der Waals surface area (Å²) in [5.41, 5.74) is 1.89. The Morgan fingerprint density at radius 3 is 2.86 bits per heavy atom. The van der Waals surface area contributed by atoms with Gasteiger partial charge in [0.05, 0.1) is 16.3 Å². The molecule has 0 aliphatic heterocycles. The number of benzene rings is 1. The molecule has 0 fully saturated rings. The van der Waals surface area contributed by atoms with Crippen LogP contribution >= 0.6 is 23.6 Å². The molecule has 1 amide bonds. The molecule has 0 radical (unpaired) electrons. The molecule has 3 heterocycles. The maximum absolute atomic E-state index is 12.6. The van der Waals surface area contributed by atoms with Gasteiger partial charge in [0, 0.05) is 24.9 Å². The summed E-state index contributed by atoms with van der Waals surface area (Å²) in [7, 11) is 0. The molecule has 0 unspecified atom stereocenters. The highest BCUT2D eigenvalue weighted by Gasteiger charge is 2.17. The van der Waals surface area contributed by atoms with Gasteiger partial charge >= 0.3 is 0 Å². The second-order valence-electron chi connectivity index (χ2n) is 6.36. The first kappa shape index (κ1) is 18.6. The number of carbonyl (C=O) groups excluding carboxylic acids is 1. The quantitative estimate of drug-likeness (QED) is 0.474. The lowest BCUT2D eigenvalue weighted by atomic mass is 10.3. The Morgan fingerprint density at radius 1 is 1.32 bits per heavy atom. The summed E-state index contributed by atoms with van der Waals surface area (Å²) < 4.78 is 4.43. The monoisotopic (exact) mass is 412 g/mol. The van der Waals surface area contributed by atoms with Gasteiger partial charge in [-0.3, -0.25) is 9.89 Å². The lowest BCUT2D eigenvalue weighted by molar-refractivity contribution is 0.0958. The molecule has 4 aromatic rings. The van der Waals surface area contributed by atoms with E-state index in [2.05, 4.69) is 20.6 Å². The summed E-state index contributed by atoms with van der Waals surface area (Å²) >= 11 is 6.64. The van der Waals surface area contributed by atoms with E-state index >= 15 is 0 Å². The number of carbonyl (C=O) groups is 1. The van der Waals surface area contributed by atoms with E-state index in [0.717, 1.165) is 34.0 Å². The average Bonchev–Trinajstić information content (AvgIpc) is 3.37. The first-order valence-electron chi connectivity index (χ1n) is 9.05. The Morgan fingerprint density at radius 2 is 2.11 bits per heavy atom. The molecule has 0 spiro atoms. The van der Waals surface area contributed by atoms with Crippen LogP contribution in [-0.2, 0) is 13.0 Å². The summed E-state index contributed by atoms with van der Waals surface area (Å²) in [5, 5.41) is 15.6. The number of hydrogen-bond donors (Lipinski definition) is 2. The summed E-state index contributed by atoms with van der Waals surface area (Å²) in [6, 6.07) is 11.9. The molecule has 28 heavy (non-hydrogen) atoms. The molecule has 0 aliphatic rings. The van der Waals surface area contributed by atoms with Crippen LogP contribution < -0.4 is 5.32 Å². The number of aromatic amines is 1. The number of H-pyrrole nitrogens is 1. The molecule has 0 saturated heterocycles. The van der Waals surface area contributed by atoms with Crippen molar-refractivity contribution in [3.63, 3.8) is 0 Å². The summed E-state index contributed by atoms with van der Waals surface area (Å²) in [6.45, 7) is 5.23. The van der Waals surface area contributed by atoms with E-state index in [9.17, 15) is 4.79 Å². The molecule has 3 aromatic heterocycles. The number of hydrogen-bond acceptors (Lipinski definition) is 5. The number of aromatic nitrogens is 5. The minimum atomic E-state index is -0.0857. The molecule has 4 rings (SSSR count). The van der Waals surface area contributed by atoms with E-state index in [1.165, 1.54) is 11.3 Å². The molecule has 0 saturated carbocycles. The first-order valence-corrected chi connectivity index (χ1v) is 10.3. The fourth-order valence-electron chi connectivity index (χ4n) is 3.15. The van der Waals surface area contributed by atoms with Crippen molar-refractivity contribution in [3.05, 3.63) is 57.6 Å². The number of para-hydroxylation sites is 1. The van der Waals surface area contributed by atoms with E-state index in [1.54, 1.807) is 0 Å². The van der Waals surface area contributed by atoms with Gasteiger partial charge in [0.15, 0.2) is 4.77 Å². The van der Waals surface area contributed by atoms with Gasteiger partial charge in [-0.25, -0.2) is 4.68 Å². The lowest BCUT2D eigenvalue weighted by Gasteiger charge is -2.05. The summed E-state index contributed by atoms with van der Waals surface area (Å²) in [6.07, 6.45) is 0.619. The number of fused-ring (bicyclic) bond motifs is 1. The number of rotatable bonds is 6. The predicted octanol–water partition coefficient (Wildman–Crippen LogP) is 3.64. The Bertz CT molecular complexity index is 1180. The van der Waals surface area contributed by atoms with E-state index in [4.69, 9.17) is 12.2 Å². The molecule has 0 atom stereocenters. The molecular weight excluding hydrogens is 392 g/mol. The van der Waals surface area contributed by atoms with Gasteiger partial charge in [0.1, 0.15) is 10.7 Å². The zero-order chi connectivity index (χ0) is 19.7. The average molecular weight is 413 g/mol. The fraction of sp³-hybridized carbons (Fsp3) is 0.263. The van der Waals surface area contributed by atoms with E-state index in [1.807, 2.05) is 59.5 Å². The molecule has 0 bridgehead atoms. The Kier molecular flexibility index (Phi) is 5.10. The van der Waals surface area contributed by atoms with Crippen LogP contribution in [0, 0.1) is 11.7 Å². The molecule has 2 N–H and O–H groups in total. The van der Waals surface area contributed by atoms with E-state index in [0.29, 0.717) is 22.6 Å². The van der Waals surface area contributed by atoms with Crippen molar-refractivity contribution in [1.29, 1.82) is 0 Å². The first-order chi connectivity index (χ1) is 13.6. The SMILES string of the molecule is CCn1c(CCNC(=O)c2cc3c(C)nn(-c4ccccc4)c3s2)n[nH]c1=S. The Hall–Kier alpha value is -2.78.